The van der Waals surface area contributed by atoms with Gasteiger partial charge in [-0.2, -0.15) is 0 Å². The van der Waals surface area contributed by atoms with Crippen molar-refractivity contribution in [3.8, 4) is 0 Å². The van der Waals surface area contributed by atoms with Gasteiger partial charge in [-0.3, -0.25) is 14.9 Å². The predicted molar refractivity (Wildman–Crippen MR) is 97.0 cm³/mol. The molecule has 1 aliphatic heterocycles. The molecule has 0 radical (unpaired) electrons. The monoisotopic (exact) mass is 349 g/mol. The highest BCUT2D eigenvalue weighted by Gasteiger charge is 2.23. The summed E-state index contributed by atoms with van der Waals surface area (Å²) in [6.07, 6.45) is 2.73. The number of piperidine rings is 1. The highest BCUT2D eigenvalue weighted by atomic mass is 16.6. The SMILES string of the molecule is CCC(O)CCNC(=O)c1cc([N+](=O)[O-])ccc1N1CCC(C)CC1. The summed E-state index contributed by atoms with van der Waals surface area (Å²) in [5.74, 6) is 0.322. The van der Waals surface area contributed by atoms with E-state index in [2.05, 4.69) is 17.1 Å². The van der Waals surface area contributed by atoms with Crippen molar-refractivity contribution in [3.05, 3.63) is 33.9 Å². The van der Waals surface area contributed by atoms with E-state index in [4.69, 9.17) is 0 Å². The van der Waals surface area contributed by atoms with Gasteiger partial charge in [0.15, 0.2) is 0 Å². The first-order valence-corrected chi connectivity index (χ1v) is 8.92. The standard InChI is InChI=1S/C18H27N3O4/c1-3-15(22)6-9-19-18(23)16-12-14(21(24)25)4-5-17(16)20-10-7-13(2)8-11-20/h4-5,12-13,15,22H,3,6-11H2,1-2H3,(H,19,23). The first kappa shape index (κ1) is 19.2. The average Bonchev–Trinajstić information content (AvgIpc) is 2.61. The summed E-state index contributed by atoms with van der Waals surface area (Å²) in [6.45, 7) is 6.11. The Bertz CT molecular complexity index is 612. The molecule has 2 N–H and O–H groups in total. The third-order valence-corrected chi connectivity index (χ3v) is 4.79. The fourth-order valence-corrected chi connectivity index (χ4v) is 3.00. The lowest BCUT2D eigenvalue weighted by Gasteiger charge is -2.33. The molecular formula is C18H27N3O4. The Kier molecular flexibility index (Phi) is 6.75. The molecule has 1 aromatic carbocycles. The Morgan fingerprint density at radius 1 is 1.44 bits per heavy atom. The molecule has 0 saturated carbocycles. The Morgan fingerprint density at radius 2 is 2.12 bits per heavy atom. The number of hydrogen-bond donors (Lipinski definition) is 2. The maximum atomic E-state index is 12.6. The van der Waals surface area contributed by atoms with Crippen LogP contribution in [0, 0.1) is 16.0 Å². The largest absolute Gasteiger partial charge is 0.393 e. The number of carbonyl (C=O) groups excluding carboxylic acids is 1. The van der Waals surface area contributed by atoms with Gasteiger partial charge in [-0.1, -0.05) is 13.8 Å². The molecule has 1 amide bonds. The van der Waals surface area contributed by atoms with Gasteiger partial charge < -0.3 is 15.3 Å². The number of carbonyl (C=O) groups is 1. The van der Waals surface area contributed by atoms with E-state index in [1.54, 1.807) is 6.07 Å². The van der Waals surface area contributed by atoms with E-state index in [1.807, 2.05) is 6.92 Å². The second-order valence-corrected chi connectivity index (χ2v) is 6.73. The molecule has 0 aliphatic carbocycles. The molecular weight excluding hydrogens is 322 g/mol. The first-order valence-electron chi connectivity index (χ1n) is 8.92. The number of nitro benzene ring substituents is 1. The molecule has 1 atom stereocenters. The molecule has 1 unspecified atom stereocenters. The molecule has 1 heterocycles. The van der Waals surface area contributed by atoms with Gasteiger partial charge in [0.05, 0.1) is 22.3 Å². The Morgan fingerprint density at radius 3 is 2.72 bits per heavy atom. The van der Waals surface area contributed by atoms with Crippen LogP contribution in [0.25, 0.3) is 0 Å². The topological polar surface area (TPSA) is 95.7 Å². The van der Waals surface area contributed by atoms with Crippen LogP contribution in [0.5, 0.6) is 0 Å². The van der Waals surface area contributed by atoms with Crippen LogP contribution in [0.4, 0.5) is 11.4 Å². The number of nitro groups is 1. The molecule has 7 heteroatoms. The summed E-state index contributed by atoms with van der Waals surface area (Å²) in [4.78, 5) is 25.3. The van der Waals surface area contributed by atoms with Crippen molar-refractivity contribution >= 4 is 17.3 Å². The van der Waals surface area contributed by atoms with Gasteiger partial charge in [0.25, 0.3) is 11.6 Å². The van der Waals surface area contributed by atoms with Crippen LogP contribution < -0.4 is 10.2 Å². The molecule has 1 fully saturated rings. The normalized spacial score (nSPS) is 16.5. The van der Waals surface area contributed by atoms with Crippen molar-refractivity contribution < 1.29 is 14.8 Å². The molecule has 0 bridgehead atoms. The lowest BCUT2D eigenvalue weighted by atomic mass is 9.98. The van der Waals surface area contributed by atoms with Crippen LogP contribution in [0.1, 0.15) is 49.9 Å². The van der Waals surface area contributed by atoms with Gasteiger partial charge in [0.2, 0.25) is 0 Å². The van der Waals surface area contributed by atoms with Crippen LogP contribution in [0.3, 0.4) is 0 Å². The molecule has 1 aliphatic rings. The third-order valence-electron chi connectivity index (χ3n) is 4.79. The van der Waals surface area contributed by atoms with Gasteiger partial charge in [-0.25, -0.2) is 0 Å². The zero-order valence-electron chi connectivity index (χ0n) is 14.9. The lowest BCUT2D eigenvalue weighted by molar-refractivity contribution is -0.384. The number of rotatable bonds is 7. The summed E-state index contributed by atoms with van der Waals surface area (Å²) in [6, 6.07) is 4.47. The average molecular weight is 349 g/mol. The van der Waals surface area contributed by atoms with E-state index >= 15 is 0 Å². The van der Waals surface area contributed by atoms with Crippen LogP contribution in [-0.2, 0) is 0 Å². The van der Waals surface area contributed by atoms with Gasteiger partial charge in [-0.05, 0) is 37.7 Å². The second kappa shape index (κ2) is 8.80. The fourth-order valence-electron chi connectivity index (χ4n) is 3.00. The van der Waals surface area contributed by atoms with E-state index in [0.717, 1.165) is 31.6 Å². The Balaban J connectivity index is 2.18. The van der Waals surface area contributed by atoms with E-state index < -0.39 is 11.0 Å². The molecule has 25 heavy (non-hydrogen) atoms. The summed E-state index contributed by atoms with van der Waals surface area (Å²) >= 11 is 0. The number of hydrogen-bond acceptors (Lipinski definition) is 5. The zero-order valence-corrected chi connectivity index (χ0v) is 14.9. The molecule has 1 aromatic rings. The first-order chi connectivity index (χ1) is 11.9. The fraction of sp³-hybridized carbons (Fsp3) is 0.611. The van der Waals surface area contributed by atoms with Crippen LogP contribution in [0.15, 0.2) is 18.2 Å². The van der Waals surface area contributed by atoms with Gasteiger partial charge in [0.1, 0.15) is 0 Å². The molecule has 2 rings (SSSR count). The molecule has 0 aromatic heterocycles. The third kappa shape index (κ3) is 5.16. The maximum absolute atomic E-state index is 12.6. The molecule has 0 spiro atoms. The lowest BCUT2D eigenvalue weighted by Crippen LogP contribution is -2.35. The zero-order chi connectivity index (χ0) is 18.4. The molecule has 7 nitrogen and oxygen atoms in total. The van der Waals surface area contributed by atoms with E-state index in [1.165, 1.54) is 12.1 Å². The van der Waals surface area contributed by atoms with E-state index in [-0.39, 0.29) is 11.6 Å². The number of aliphatic hydroxyl groups excluding tert-OH is 1. The number of nitrogens with one attached hydrogen (secondary N) is 1. The van der Waals surface area contributed by atoms with Crippen molar-refractivity contribution in [3.63, 3.8) is 0 Å². The Hall–Kier alpha value is -2.15. The molecule has 138 valence electrons. The van der Waals surface area contributed by atoms with Gasteiger partial charge in [0, 0.05) is 31.8 Å². The van der Waals surface area contributed by atoms with Crippen molar-refractivity contribution in [1.82, 2.24) is 5.32 Å². The van der Waals surface area contributed by atoms with Crippen molar-refractivity contribution in [2.75, 3.05) is 24.5 Å². The highest BCUT2D eigenvalue weighted by molar-refractivity contribution is 6.00. The van der Waals surface area contributed by atoms with Crippen LogP contribution in [0.2, 0.25) is 0 Å². The van der Waals surface area contributed by atoms with Crippen molar-refractivity contribution in [2.24, 2.45) is 5.92 Å². The minimum atomic E-state index is -0.486. The second-order valence-electron chi connectivity index (χ2n) is 6.73. The summed E-state index contributed by atoms with van der Waals surface area (Å²) < 4.78 is 0. The maximum Gasteiger partial charge on any atom is 0.270 e. The number of nitrogens with zero attached hydrogens (tertiary/aromatic N) is 2. The van der Waals surface area contributed by atoms with Crippen LogP contribution in [-0.4, -0.2) is 41.7 Å². The summed E-state index contributed by atoms with van der Waals surface area (Å²) in [7, 11) is 0. The number of amides is 1. The minimum Gasteiger partial charge on any atom is -0.393 e. The quantitative estimate of drug-likeness (QED) is 0.583. The Labute approximate surface area is 148 Å². The summed E-state index contributed by atoms with van der Waals surface area (Å²) in [5.41, 5.74) is 0.980. The predicted octanol–water partition coefficient (Wildman–Crippen LogP) is 2.72. The minimum absolute atomic E-state index is 0.0899. The summed E-state index contributed by atoms with van der Waals surface area (Å²) in [5, 5.41) is 23.4. The van der Waals surface area contributed by atoms with E-state index in [9.17, 15) is 20.0 Å². The van der Waals surface area contributed by atoms with Crippen molar-refractivity contribution in [1.29, 1.82) is 0 Å². The van der Waals surface area contributed by atoms with Crippen LogP contribution >= 0.6 is 0 Å². The van der Waals surface area contributed by atoms with Gasteiger partial charge in [-0.15, -0.1) is 0 Å². The number of anilines is 1. The van der Waals surface area contributed by atoms with Gasteiger partial charge >= 0.3 is 0 Å². The smallest absolute Gasteiger partial charge is 0.270 e. The number of non-ortho nitro benzene ring substituents is 1. The number of aliphatic hydroxyl groups is 1. The molecule has 1 saturated heterocycles. The van der Waals surface area contributed by atoms with Crippen molar-refractivity contribution in [2.45, 2.75) is 45.6 Å². The number of benzene rings is 1. The van der Waals surface area contributed by atoms with E-state index in [0.29, 0.717) is 30.9 Å². The highest BCUT2D eigenvalue weighted by Crippen LogP contribution is 2.29.